The van der Waals surface area contributed by atoms with Crippen LogP contribution in [0.4, 0.5) is 10.1 Å². The Morgan fingerprint density at radius 1 is 1.47 bits per heavy atom. The van der Waals surface area contributed by atoms with Gasteiger partial charge in [0.15, 0.2) is 0 Å². The van der Waals surface area contributed by atoms with Crippen LogP contribution in [0.2, 0.25) is 0 Å². The third-order valence-corrected chi connectivity index (χ3v) is 2.79. The van der Waals surface area contributed by atoms with Crippen molar-refractivity contribution in [1.29, 1.82) is 0 Å². The molecule has 0 amide bonds. The molecule has 0 aliphatic carbocycles. The number of benzene rings is 1. The molecule has 0 saturated carbocycles. The normalized spacial score (nSPS) is 12.5. The maximum Gasteiger partial charge on any atom is 0.146 e. The molecule has 0 saturated heterocycles. The molecule has 1 unspecified atom stereocenters. The average Bonchev–Trinajstić information content (AvgIpc) is 2.31. The highest BCUT2D eigenvalue weighted by atomic mass is 19.1. The summed E-state index contributed by atoms with van der Waals surface area (Å²) in [6.07, 6.45) is 0.626. The topological polar surface area (TPSA) is 49.5 Å². The van der Waals surface area contributed by atoms with E-state index in [9.17, 15) is 4.39 Å². The zero-order chi connectivity index (χ0) is 12.8. The lowest BCUT2D eigenvalue weighted by Gasteiger charge is -2.27. The van der Waals surface area contributed by atoms with Crippen molar-refractivity contribution in [3.8, 4) is 0 Å². The zero-order valence-corrected chi connectivity index (χ0v) is 10.5. The lowest BCUT2D eigenvalue weighted by Crippen LogP contribution is -2.28. The fraction of sp³-hybridized carbons (Fsp3) is 0.538. The fourth-order valence-corrected chi connectivity index (χ4v) is 1.92. The van der Waals surface area contributed by atoms with Crippen LogP contribution in [-0.2, 0) is 0 Å². The third-order valence-electron chi connectivity index (χ3n) is 2.79. The van der Waals surface area contributed by atoms with Gasteiger partial charge in [-0.05, 0) is 31.9 Å². The standard InChI is InChI=1S/C13H21FN2O/c1-3-16(8-5-9-17)13-11(10(2)15)6-4-7-12(13)14/h4,6-7,10,17H,3,5,8-9,15H2,1-2H3. The summed E-state index contributed by atoms with van der Waals surface area (Å²) in [6.45, 7) is 5.25. The Bertz CT molecular complexity index is 355. The molecule has 17 heavy (non-hydrogen) atoms. The molecule has 3 nitrogen and oxygen atoms in total. The summed E-state index contributed by atoms with van der Waals surface area (Å²) in [5, 5.41) is 8.86. The molecule has 0 radical (unpaired) electrons. The van der Waals surface area contributed by atoms with Gasteiger partial charge in [-0.1, -0.05) is 12.1 Å². The highest BCUT2D eigenvalue weighted by Crippen LogP contribution is 2.28. The number of aliphatic hydroxyl groups excluding tert-OH is 1. The van der Waals surface area contributed by atoms with E-state index in [1.807, 2.05) is 24.8 Å². The van der Waals surface area contributed by atoms with Gasteiger partial charge in [0.2, 0.25) is 0 Å². The van der Waals surface area contributed by atoms with Crippen LogP contribution < -0.4 is 10.6 Å². The van der Waals surface area contributed by atoms with Crippen LogP contribution in [0.1, 0.15) is 31.9 Å². The van der Waals surface area contributed by atoms with Gasteiger partial charge in [0.1, 0.15) is 5.82 Å². The van der Waals surface area contributed by atoms with Crippen LogP contribution in [0.3, 0.4) is 0 Å². The summed E-state index contributed by atoms with van der Waals surface area (Å²) in [5.74, 6) is -0.250. The van der Waals surface area contributed by atoms with Crippen molar-refractivity contribution in [2.24, 2.45) is 5.73 Å². The number of para-hydroxylation sites is 1. The first-order valence-corrected chi connectivity index (χ1v) is 6.01. The van der Waals surface area contributed by atoms with E-state index in [2.05, 4.69) is 0 Å². The first-order chi connectivity index (χ1) is 8.11. The molecule has 96 valence electrons. The molecule has 0 aliphatic heterocycles. The van der Waals surface area contributed by atoms with Crippen molar-refractivity contribution in [2.75, 3.05) is 24.6 Å². The molecule has 0 fully saturated rings. The average molecular weight is 240 g/mol. The largest absolute Gasteiger partial charge is 0.396 e. The van der Waals surface area contributed by atoms with E-state index in [1.54, 1.807) is 6.07 Å². The van der Waals surface area contributed by atoms with Crippen LogP contribution in [0.5, 0.6) is 0 Å². The smallest absolute Gasteiger partial charge is 0.146 e. The number of rotatable bonds is 6. The monoisotopic (exact) mass is 240 g/mol. The lowest BCUT2D eigenvalue weighted by atomic mass is 10.1. The first kappa shape index (κ1) is 13.9. The van der Waals surface area contributed by atoms with Crippen LogP contribution in [0.25, 0.3) is 0 Å². The third kappa shape index (κ3) is 3.41. The Kier molecular flexibility index (Phi) is 5.38. The van der Waals surface area contributed by atoms with Gasteiger partial charge in [-0.3, -0.25) is 0 Å². The van der Waals surface area contributed by atoms with Crippen LogP contribution in [-0.4, -0.2) is 24.8 Å². The quantitative estimate of drug-likeness (QED) is 0.800. The zero-order valence-electron chi connectivity index (χ0n) is 10.5. The minimum absolute atomic E-state index is 0.110. The summed E-state index contributed by atoms with van der Waals surface area (Å²) in [7, 11) is 0. The van der Waals surface area contributed by atoms with Gasteiger partial charge < -0.3 is 15.7 Å². The minimum atomic E-state index is -0.250. The van der Waals surface area contributed by atoms with Crippen molar-refractivity contribution < 1.29 is 9.50 Å². The Hall–Kier alpha value is -1.13. The van der Waals surface area contributed by atoms with Crippen molar-refractivity contribution in [3.05, 3.63) is 29.6 Å². The van der Waals surface area contributed by atoms with E-state index in [-0.39, 0.29) is 18.5 Å². The predicted octanol–water partition coefficient (Wildman–Crippen LogP) is 2.05. The van der Waals surface area contributed by atoms with Gasteiger partial charge in [0, 0.05) is 25.7 Å². The second kappa shape index (κ2) is 6.57. The van der Waals surface area contributed by atoms with Gasteiger partial charge in [0.05, 0.1) is 5.69 Å². The molecule has 1 aromatic rings. The van der Waals surface area contributed by atoms with Crippen LogP contribution >= 0.6 is 0 Å². The number of hydrogen-bond donors (Lipinski definition) is 2. The second-order valence-corrected chi connectivity index (χ2v) is 4.12. The van der Waals surface area contributed by atoms with Gasteiger partial charge in [-0.15, -0.1) is 0 Å². The molecule has 0 aromatic heterocycles. The number of anilines is 1. The molecule has 1 aromatic carbocycles. The Morgan fingerprint density at radius 2 is 2.18 bits per heavy atom. The van der Waals surface area contributed by atoms with Crippen molar-refractivity contribution in [3.63, 3.8) is 0 Å². The molecular formula is C13H21FN2O. The lowest BCUT2D eigenvalue weighted by molar-refractivity contribution is 0.289. The summed E-state index contributed by atoms with van der Waals surface area (Å²) < 4.78 is 13.9. The van der Waals surface area contributed by atoms with E-state index in [0.29, 0.717) is 25.2 Å². The van der Waals surface area contributed by atoms with Gasteiger partial charge in [0.25, 0.3) is 0 Å². The molecule has 0 aliphatic rings. The summed E-state index contributed by atoms with van der Waals surface area (Å²) in [4.78, 5) is 1.92. The highest BCUT2D eigenvalue weighted by molar-refractivity contribution is 5.56. The minimum Gasteiger partial charge on any atom is -0.396 e. The van der Waals surface area contributed by atoms with E-state index in [1.165, 1.54) is 6.07 Å². The number of halogens is 1. The fourth-order valence-electron chi connectivity index (χ4n) is 1.92. The summed E-state index contributed by atoms with van der Waals surface area (Å²) in [5.41, 5.74) is 7.24. The summed E-state index contributed by atoms with van der Waals surface area (Å²) in [6, 6.07) is 4.77. The van der Waals surface area contributed by atoms with Crippen molar-refractivity contribution in [2.45, 2.75) is 26.3 Å². The van der Waals surface area contributed by atoms with E-state index in [4.69, 9.17) is 10.8 Å². The van der Waals surface area contributed by atoms with Crippen molar-refractivity contribution in [1.82, 2.24) is 0 Å². The molecule has 1 rings (SSSR count). The number of nitrogens with two attached hydrogens (primary N) is 1. The van der Waals surface area contributed by atoms with E-state index >= 15 is 0 Å². The molecule has 0 spiro atoms. The van der Waals surface area contributed by atoms with Gasteiger partial charge in [-0.25, -0.2) is 4.39 Å². The molecule has 1 atom stereocenters. The number of aliphatic hydroxyl groups is 1. The molecule has 0 bridgehead atoms. The summed E-state index contributed by atoms with van der Waals surface area (Å²) >= 11 is 0. The SMILES string of the molecule is CCN(CCCO)c1c(F)cccc1C(C)N. The molecular weight excluding hydrogens is 219 g/mol. The second-order valence-electron chi connectivity index (χ2n) is 4.12. The van der Waals surface area contributed by atoms with Gasteiger partial charge in [-0.2, -0.15) is 0 Å². The van der Waals surface area contributed by atoms with Crippen LogP contribution in [0.15, 0.2) is 18.2 Å². The van der Waals surface area contributed by atoms with E-state index in [0.717, 1.165) is 5.56 Å². The van der Waals surface area contributed by atoms with Crippen molar-refractivity contribution >= 4 is 5.69 Å². The number of hydrogen-bond acceptors (Lipinski definition) is 3. The molecule has 3 N–H and O–H groups in total. The predicted molar refractivity (Wildman–Crippen MR) is 68.6 cm³/mol. The number of nitrogens with zero attached hydrogens (tertiary/aromatic N) is 1. The molecule has 4 heteroatoms. The van der Waals surface area contributed by atoms with Gasteiger partial charge >= 0.3 is 0 Å². The first-order valence-electron chi connectivity index (χ1n) is 6.01. The van der Waals surface area contributed by atoms with Crippen LogP contribution in [0, 0.1) is 5.82 Å². The maximum atomic E-state index is 13.9. The Labute approximate surface area is 102 Å². The Balaban J connectivity index is 3.07. The van der Waals surface area contributed by atoms with E-state index < -0.39 is 0 Å². The molecule has 0 heterocycles. The highest BCUT2D eigenvalue weighted by Gasteiger charge is 2.16. The maximum absolute atomic E-state index is 13.9. The Morgan fingerprint density at radius 3 is 2.71 bits per heavy atom.